The highest BCUT2D eigenvalue weighted by atomic mass is 79.9. The highest BCUT2D eigenvalue weighted by molar-refractivity contribution is 9.11. The molecular weight excluding hydrogens is 546 g/mol. The number of hydrogen-bond donors (Lipinski definition) is 2. The van der Waals surface area contributed by atoms with E-state index < -0.39 is 5.91 Å². The number of carbonyl (C=O) groups excluding carboxylic acids is 2. The van der Waals surface area contributed by atoms with E-state index >= 15 is 0 Å². The van der Waals surface area contributed by atoms with Crippen LogP contribution in [0.3, 0.4) is 0 Å². The summed E-state index contributed by atoms with van der Waals surface area (Å²) in [5, 5.41) is 8.57. The second-order valence-electron chi connectivity index (χ2n) is 6.11. The van der Waals surface area contributed by atoms with E-state index in [4.69, 9.17) is 4.74 Å². The second-order valence-corrected chi connectivity index (χ2v) is 8.80. The van der Waals surface area contributed by atoms with Gasteiger partial charge in [-0.1, -0.05) is 24.3 Å². The standard InChI is InChI=1S/C22H17Br2N3O3S/c1-30-20-17(23)10-14(11-18(20)24)13-25-27-22(29)19(12-16-8-5-9-31-16)26-21(28)15-6-3-2-4-7-15/h2-13H,1H3,(H,26,28)(H,27,29). The molecule has 1 heterocycles. The van der Waals surface area contributed by atoms with Crippen LogP contribution in [0.1, 0.15) is 20.8 Å². The summed E-state index contributed by atoms with van der Waals surface area (Å²) in [6.45, 7) is 0. The lowest BCUT2D eigenvalue weighted by Crippen LogP contribution is -2.32. The van der Waals surface area contributed by atoms with Gasteiger partial charge in [0.25, 0.3) is 11.8 Å². The summed E-state index contributed by atoms with van der Waals surface area (Å²) in [6.07, 6.45) is 3.10. The maximum atomic E-state index is 12.7. The van der Waals surface area contributed by atoms with Gasteiger partial charge in [-0.25, -0.2) is 5.43 Å². The maximum Gasteiger partial charge on any atom is 0.287 e. The Morgan fingerprint density at radius 1 is 1.06 bits per heavy atom. The molecule has 0 atom stereocenters. The van der Waals surface area contributed by atoms with E-state index in [1.807, 2.05) is 23.6 Å². The van der Waals surface area contributed by atoms with E-state index in [0.717, 1.165) is 19.4 Å². The van der Waals surface area contributed by atoms with Gasteiger partial charge in [0.15, 0.2) is 0 Å². The molecule has 9 heteroatoms. The third-order valence-corrected chi connectivity index (χ3v) is 5.96. The summed E-state index contributed by atoms with van der Waals surface area (Å²) in [6, 6.07) is 16.0. The molecule has 158 valence electrons. The summed E-state index contributed by atoms with van der Waals surface area (Å²) in [5.41, 5.74) is 3.73. The second kappa shape index (κ2) is 11.0. The predicted molar refractivity (Wildman–Crippen MR) is 130 cm³/mol. The van der Waals surface area contributed by atoms with Gasteiger partial charge in [-0.3, -0.25) is 9.59 Å². The lowest BCUT2D eigenvalue weighted by atomic mass is 10.2. The van der Waals surface area contributed by atoms with E-state index in [1.54, 1.807) is 49.6 Å². The Morgan fingerprint density at radius 3 is 2.39 bits per heavy atom. The highest BCUT2D eigenvalue weighted by Crippen LogP contribution is 2.33. The molecule has 3 aromatic rings. The monoisotopic (exact) mass is 561 g/mol. The number of hydrazone groups is 1. The lowest BCUT2D eigenvalue weighted by molar-refractivity contribution is -0.117. The minimum absolute atomic E-state index is 0.0885. The Labute approximate surface area is 200 Å². The number of thiophene rings is 1. The summed E-state index contributed by atoms with van der Waals surface area (Å²) < 4.78 is 6.76. The van der Waals surface area contributed by atoms with Crippen molar-refractivity contribution in [2.45, 2.75) is 0 Å². The van der Waals surface area contributed by atoms with Crippen molar-refractivity contribution < 1.29 is 14.3 Å². The number of methoxy groups -OCH3 is 1. The number of carbonyl (C=O) groups is 2. The Kier molecular flexibility index (Phi) is 8.16. The molecule has 0 aliphatic heterocycles. The Morgan fingerprint density at radius 2 is 1.77 bits per heavy atom. The van der Waals surface area contributed by atoms with Crippen LogP contribution in [-0.4, -0.2) is 25.1 Å². The molecule has 2 aromatic carbocycles. The van der Waals surface area contributed by atoms with Crippen molar-refractivity contribution in [3.05, 3.63) is 90.6 Å². The van der Waals surface area contributed by atoms with Gasteiger partial charge in [-0.05, 0) is 79.2 Å². The molecular formula is C22H17Br2N3O3S. The number of benzene rings is 2. The van der Waals surface area contributed by atoms with Crippen LogP contribution in [-0.2, 0) is 4.79 Å². The van der Waals surface area contributed by atoms with E-state index in [2.05, 4.69) is 47.7 Å². The van der Waals surface area contributed by atoms with Crippen LogP contribution >= 0.6 is 43.2 Å². The van der Waals surface area contributed by atoms with Crippen LogP contribution in [0.2, 0.25) is 0 Å². The minimum atomic E-state index is -0.541. The van der Waals surface area contributed by atoms with Gasteiger partial charge in [0.05, 0.1) is 22.3 Å². The number of halogens is 2. The van der Waals surface area contributed by atoms with Gasteiger partial charge in [-0.15, -0.1) is 11.3 Å². The number of ether oxygens (including phenoxy) is 1. The van der Waals surface area contributed by atoms with E-state index in [9.17, 15) is 9.59 Å². The molecule has 31 heavy (non-hydrogen) atoms. The number of amides is 2. The van der Waals surface area contributed by atoms with Gasteiger partial charge in [-0.2, -0.15) is 5.10 Å². The molecule has 3 rings (SSSR count). The van der Waals surface area contributed by atoms with Gasteiger partial charge < -0.3 is 10.1 Å². The summed E-state index contributed by atoms with van der Waals surface area (Å²) >= 11 is 8.30. The lowest BCUT2D eigenvalue weighted by Gasteiger charge is -2.09. The molecule has 2 amide bonds. The van der Waals surface area contributed by atoms with Crippen molar-refractivity contribution in [3.63, 3.8) is 0 Å². The summed E-state index contributed by atoms with van der Waals surface area (Å²) in [5.74, 6) is -0.267. The number of hydrogen-bond acceptors (Lipinski definition) is 5. The fourth-order valence-electron chi connectivity index (χ4n) is 2.53. The minimum Gasteiger partial charge on any atom is -0.494 e. The quantitative estimate of drug-likeness (QED) is 0.236. The number of rotatable bonds is 7. The molecule has 0 aliphatic rings. The molecule has 1 aromatic heterocycles. The molecule has 2 N–H and O–H groups in total. The zero-order valence-electron chi connectivity index (χ0n) is 16.3. The van der Waals surface area contributed by atoms with E-state index in [-0.39, 0.29) is 11.6 Å². The third-order valence-electron chi connectivity index (χ3n) is 3.96. The first-order valence-corrected chi connectivity index (χ1v) is 11.4. The van der Waals surface area contributed by atoms with Crippen molar-refractivity contribution in [1.82, 2.24) is 10.7 Å². The molecule has 0 unspecified atom stereocenters. The normalized spacial score (nSPS) is 11.4. The van der Waals surface area contributed by atoms with E-state index in [1.165, 1.54) is 17.6 Å². The Balaban J connectivity index is 1.76. The number of nitrogens with zero attached hydrogens (tertiary/aromatic N) is 1. The van der Waals surface area contributed by atoms with Gasteiger partial charge in [0.2, 0.25) is 0 Å². The molecule has 0 fully saturated rings. The van der Waals surface area contributed by atoms with Crippen molar-refractivity contribution >= 4 is 67.3 Å². The van der Waals surface area contributed by atoms with Crippen molar-refractivity contribution in [2.75, 3.05) is 7.11 Å². The summed E-state index contributed by atoms with van der Waals surface area (Å²) in [7, 11) is 1.57. The Hall–Kier alpha value is -2.75. The third kappa shape index (κ3) is 6.36. The van der Waals surface area contributed by atoms with Crippen molar-refractivity contribution in [3.8, 4) is 5.75 Å². The fraction of sp³-hybridized carbons (Fsp3) is 0.0455. The highest BCUT2D eigenvalue weighted by Gasteiger charge is 2.14. The van der Waals surface area contributed by atoms with Crippen molar-refractivity contribution in [2.24, 2.45) is 5.10 Å². The number of nitrogens with one attached hydrogen (secondary N) is 2. The SMILES string of the molecule is COc1c(Br)cc(C=NNC(=O)C(=Cc2cccs2)NC(=O)c2ccccc2)cc1Br. The van der Waals surface area contributed by atoms with Crippen molar-refractivity contribution in [1.29, 1.82) is 0 Å². The predicted octanol–water partition coefficient (Wildman–Crippen LogP) is 5.20. The molecule has 0 spiro atoms. The van der Waals surface area contributed by atoms with Gasteiger partial charge >= 0.3 is 0 Å². The Bertz CT molecular complexity index is 1110. The van der Waals surface area contributed by atoms with E-state index in [0.29, 0.717) is 11.3 Å². The summed E-state index contributed by atoms with van der Waals surface area (Å²) in [4.78, 5) is 26.1. The first kappa shape index (κ1) is 22.9. The van der Waals surface area contributed by atoms with Crippen LogP contribution < -0.4 is 15.5 Å². The first-order chi connectivity index (χ1) is 15.0. The smallest absolute Gasteiger partial charge is 0.287 e. The fourth-order valence-corrected chi connectivity index (χ4v) is 4.74. The average Bonchev–Trinajstić information content (AvgIpc) is 3.27. The molecule has 6 nitrogen and oxygen atoms in total. The topological polar surface area (TPSA) is 79.8 Å². The maximum absolute atomic E-state index is 12.7. The largest absolute Gasteiger partial charge is 0.494 e. The van der Waals surface area contributed by atoms with Crippen LogP contribution in [0.4, 0.5) is 0 Å². The molecule has 0 aliphatic carbocycles. The van der Waals surface area contributed by atoms with Crippen LogP contribution in [0.15, 0.2) is 79.7 Å². The zero-order chi connectivity index (χ0) is 22.2. The van der Waals surface area contributed by atoms with Gasteiger partial charge in [0.1, 0.15) is 11.4 Å². The molecule has 0 radical (unpaired) electrons. The zero-order valence-corrected chi connectivity index (χ0v) is 20.3. The average molecular weight is 563 g/mol. The van der Waals surface area contributed by atoms with Crippen LogP contribution in [0.5, 0.6) is 5.75 Å². The molecule has 0 bridgehead atoms. The van der Waals surface area contributed by atoms with Gasteiger partial charge in [0, 0.05) is 10.4 Å². The van der Waals surface area contributed by atoms with Crippen LogP contribution in [0, 0.1) is 0 Å². The molecule has 0 saturated heterocycles. The first-order valence-electron chi connectivity index (χ1n) is 8.96. The molecule has 0 saturated carbocycles. The van der Waals surface area contributed by atoms with Crippen LogP contribution in [0.25, 0.3) is 6.08 Å².